The Morgan fingerprint density at radius 1 is 1.36 bits per heavy atom. The monoisotopic (exact) mass is 396 g/mol. The van der Waals surface area contributed by atoms with E-state index < -0.39 is 27.3 Å². The van der Waals surface area contributed by atoms with Gasteiger partial charge in [0.2, 0.25) is 10.0 Å². The number of halogens is 2. The van der Waals surface area contributed by atoms with Crippen LogP contribution >= 0.6 is 12.4 Å². The van der Waals surface area contributed by atoms with Gasteiger partial charge in [-0.05, 0) is 44.4 Å². The maximum Gasteiger partial charge on any atom is 0.338 e. The number of hydrogen-bond acceptors (Lipinski definition) is 5. The van der Waals surface area contributed by atoms with Gasteiger partial charge in [-0.15, -0.1) is 12.4 Å². The summed E-state index contributed by atoms with van der Waals surface area (Å²) in [6, 6.07) is 2.89. The van der Waals surface area contributed by atoms with Crippen LogP contribution in [0.5, 0.6) is 0 Å². The zero-order valence-corrected chi connectivity index (χ0v) is 16.5. The summed E-state index contributed by atoms with van der Waals surface area (Å²) in [6.07, 6.45) is 0.517. The average Bonchev–Trinajstić information content (AvgIpc) is 2.45. The highest BCUT2D eigenvalue weighted by Gasteiger charge is 2.31. The number of ether oxygens (including phenoxy) is 1. The van der Waals surface area contributed by atoms with Crippen LogP contribution in [0.2, 0.25) is 0 Å². The Labute approximate surface area is 154 Å². The minimum atomic E-state index is -4.05. The minimum absolute atomic E-state index is 0. The molecule has 0 bridgehead atoms. The zero-order valence-electron chi connectivity index (χ0n) is 14.8. The third-order valence-electron chi connectivity index (χ3n) is 3.38. The molecule has 3 N–H and O–H groups in total. The molecule has 0 amide bonds. The molecule has 0 aliphatic carbocycles. The maximum atomic E-state index is 13.8. The van der Waals surface area contributed by atoms with Crippen molar-refractivity contribution in [2.45, 2.75) is 44.6 Å². The lowest BCUT2D eigenvalue weighted by molar-refractivity contribution is 0.0525. The van der Waals surface area contributed by atoms with Crippen molar-refractivity contribution in [3.8, 4) is 0 Å². The summed E-state index contributed by atoms with van der Waals surface area (Å²) in [5, 5.41) is 0. The largest absolute Gasteiger partial charge is 0.462 e. The Hall–Kier alpha value is -1.22. The summed E-state index contributed by atoms with van der Waals surface area (Å²) in [7, 11) is -4.05. The Bertz CT molecular complexity index is 697. The fourth-order valence-electron chi connectivity index (χ4n) is 2.50. The van der Waals surface area contributed by atoms with Crippen LogP contribution in [0.3, 0.4) is 0 Å². The molecule has 0 saturated carbocycles. The van der Waals surface area contributed by atoms with E-state index in [-0.39, 0.29) is 41.9 Å². The van der Waals surface area contributed by atoms with E-state index in [1.807, 2.05) is 13.8 Å². The van der Waals surface area contributed by atoms with E-state index in [0.29, 0.717) is 6.42 Å². The van der Waals surface area contributed by atoms with Gasteiger partial charge in [-0.3, -0.25) is 0 Å². The predicted molar refractivity (Wildman–Crippen MR) is 96.8 cm³/mol. The Balaban J connectivity index is 0.00000576. The molecule has 1 atom stereocenters. The molecule has 144 valence electrons. The van der Waals surface area contributed by atoms with Crippen molar-refractivity contribution in [2.24, 2.45) is 11.7 Å². The highest BCUT2D eigenvalue weighted by molar-refractivity contribution is 7.89. The second-order valence-corrected chi connectivity index (χ2v) is 8.05. The highest BCUT2D eigenvalue weighted by atomic mass is 35.5. The maximum absolute atomic E-state index is 13.8. The number of nitrogens with one attached hydrogen (secondary N) is 1. The van der Waals surface area contributed by atoms with Crippen LogP contribution in [-0.4, -0.2) is 33.1 Å². The van der Waals surface area contributed by atoms with E-state index in [9.17, 15) is 17.6 Å². The van der Waals surface area contributed by atoms with Gasteiger partial charge < -0.3 is 10.5 Å². The van der Waals surface area contributed by atoms with Crippen molar-refractivity contribution in [3.63, 3.8) is 0 Å². The van der Waals surface area contributed by atoms with Gasteiger partial charge in [0.05, 0.1) is 17.1 Å². The SMILES string of the molecule is CCOC(=O)c1cc(F)cc(S(=O)(=O)NC(C)(CN)CC(C)C)c1.Cl. The van der Waals surface area contributed by atoms with Crippen molar-refractivity contribution < 1.29 is 22.3 Å². The Morgan fingerprint density at radius 3 is 2.44 bits per heavy atom. The number of esters is 1. The van der Waals surface area contributed by atoms with Crippen LogP contribution in [-0.2, 0) is 14.8 Å². The summed E-state index contributed by atoms with van der Waals surface area (Å²) < 4.78 is 46.2. The van der Waals surface area contributed by atoms with Crippen LogP contribution < -0.4 is 10.5 Å². The normalized spacial score (nSPS) is 13.9. The molecule has 1 aromatic rings. The van der Waals surface area contributed by atoms with Gasteiger partial charge >= 0.3 is 5.97 Å². The molecule has 0 saturated heterocycles. The molecule has 0 fully saturated rings. The van der Waals surface area contributed by atoms with Crippen molar-refractivity contribution in [1.82, 2.24) is 4.72 Å². The molecule has 25 heavy (non-hydrogen) atoms. The molecule has 1 unspecified atom stereocenters. The lowest BCUT2D eigenvalue weighted by atomic mass is 9.92. The van der Waals surface area contributed by atoms with Gasteiger partial charge in [0.15, 0.2) is 0 Å². The second kappa shape index (κ2) is 9.47. The fraction of sp³-hybridized carbons (Fsp3) is 0.562. The number of nitrogens with two attached hydrogens (primary N) is 1. The highest BCUT2D eigenvalue weighted by Crippen LogP contribution is 2.21. The van der Waals surface area contributed by atoms with Crippen LogP contribution in [0.15, 0.2) is 23.1 Å². The molecule has 0 aromatic heterocycles. The first-order valence-corrected chi connectivity index (χ1v) is 9.23. The minimum Gasteiger partial charge on any atom is -0.462 e. The van der Waals surface area contributed by atoms with Crippen molar-refractivity contribution in [2.75, 3.05) is 13.2 Å². The summed E-state index contributed by atoms with van der Waals surface area (Å²) >= 11 is 0. The Morgan fingerprint density at radius 2 is 1.96 bits per heavy atom. The number of sulfonamides is 1. The standard InChI is InChI=1S/C16H25FN2O4S.ClH/c1-5-23-15(20)12-6-13(17)8-14(7-12)24(21,22)19-16(4,10-18)9-11(2)3;/h6-8,11,19H,5,9-10,18H2,1-4H3;1H. The topological polar surface area (TPSA) is 98.5 Å². The van der Waals surface area contributed by atoms with Crippen LogP contribution in [0.1, 0.15) is 44.5 Å². The molecule has 1 aromatic carbocycles. The smallest absolute Gasteiger partial charge is 0.338 e. The van der Waals surface area contributed by atoms with Gasteiger partial charge in [0.1, 0.15) is 5.82 Å². The Kier molecular flexibility index (Phi) is 9.01. The third kappa shape index (κ3) is 6.89. The van der Waals surface area contributed by atoms with Crippen LogP contribution in [0, 0.1) is 11.7 Å². The first-order valence-electron chi connectivity index (χ1n) is 7.74. The van der Waals surface area contributed by atoms with Crippen molar-refractivity contribution >= 4 is 28.4 Å². The number of rotatable bonds is 8. The van der Waals surface area contributed by atoms with E-state index in [0.717, 1.165) is 18.2 Å². The molecular formula is C16H26ClFN2O4S. The molecule has 6 nitrogen and oxygen atoms in total. The van der Waals surface area contributed by atoms with Gasteiger partial charge in [0.25, 0.3) is 0 Å². The molecule has 0 spiro atoms. The third-order valence-corrected chi connectivity index (χ3v) is 5.00. The lowest BCUT2D eigenvalue weighted by Gasteiger charge is -2.30. The molecule has 0 radical (unpaired) electrons. The van der Waals surface area contributed by atoms with Crippen molar-refractivity contribution in [1.29, 1.82) is 0 Å². The molecule has 9 heteroatoms. The van der Waals surface area contributed by atoms with Gasteiger partial charge in [-0.2, -0.15) is 0 Å². The van der Waals surface area contributed by atoms with Gasteiger partial charge in [-0.25, -0.2) is 22.3 Å². The number of hydrogen-bond donors (Lipinski definition) is 2. The number of benzene rings is 1. The first kappa shape index (κ1) is 23.8. The predicted octanol–water partition coefficient (Wildman–Crippen LogP) is 2.47. The van der Waals surface area contributed by atoms with Gasteiger partial charge in [-0.1, -0.05) is 13.8 Å². The summed E-state index contributed by atoms with van der Waals surface area (Å²) in [6.45, 7) is 7.39. The summed E-state index contributed by atoms with van der Waals surface area (Å²) in [5.74, 6) is -1.40. The zero-order chi connectivity index (χ0) is 18.5. The molecular weight excluding hydrogens is 371 g/mol. The second-order valence-electron chi connectivity index (χ2n) is 6.36. The molecule has 0 aliphatic heterocycles. The van der Waals surface area contributed by atoms with E-state index in [4.69, 9.17) is 10.5 Å². The number of carbonyl (C=O) groups is 1. The average molecular weight is 397 g/mol. The lowest BCUT2D eigenvalue weighted by Crippen LogP contribution is -2.52. The van der Waals surface area contributed by atoms with E-state index >= 15 is 0 Å². The summed E-state index contributed by atoms with van der Waals surface area (Å²) in [5.41, 5.74) is 4.68. The van der Waals surface area contributed by atoms with E-state index in [2.05, 4.69) is 4.72 Å². The van der Waals surface area contributed by atoms with E-state index in [1.54, 1.807) is 13.8 Å². The molecule has 0 heterocycles. The van der Waals surface area contributed by atoms with Crippen LogP contribution in [0.25, 0.3) is 0 Å². The first-order chi connectivity index (χ1) is 11.0. The summed E-state index contributed by atoms with van der Waals surface area (Å²) in [4.78, 5) is 11.4. The van der Waals surface area contributed by atoms with Crippen molar-refractivity contribution in [3.05, 3.63) is 29.6 Å². The number of carbonyl (C=O) groups excluding carboxylic acids is 1. The fourth-order valence-corrected chi connectivity index (χ4v) is 3.98. The molecule has 1 rings (SSSR count). The van der Waals surface area contributed by atoms with Crippen LogP contribution in [0.4, 0.5) is 4.39 Å². The van der Waals surface area contributed by atoms with E-state index in [1.165, 1.54) is 0 Å². The van der Waals surface area contributed by atoms with Gasteiger partial charge in [0, 0.05) is 12.1 Å². The molecule has 0 aliphatic rings. The quantitative estimate of drug-likeness (QED) is 0.657.